The topological polar surface area (TPSA) is 72.0 Å². The van der Waals surface area contributed by atoms with Crippen molar-refractivity contribution in [3.63, 3.8) is 0 Å². The molecule has 5 rings (SSSR count). The Balaban J connectivity index is 1.05. The van der Waals surface area contributed by atoms with E-state index in [9.17, 15) is 9.59 Å². The predicted molar refractivity (Wildman–Crippen MR) is 155 cm³/mol. The maximum absolute atomic E-state index is 13.0. The second-order valence-electron chi connectivity index (χ2n) is 11.1. The third-order valence-electron chi connectivity index (χ3n) is 8.08. The van der Waals surface area contributed by atoms with Gasteiger partial charge in [-0.15, -0.1) is 0 Å². The fraction of sp³-hybridized carbons (Fsp3) is 0.424. The van der Waals surface area contributed by atoms with Crippen molar-refractivity contribution in [2.45, 2.75) is 51.7 Å². The normalized spacial score (nSPS) is 17.0. The number of carbonyl (C=O) groups excluding carboxylic acids is 2. The lowest BCUT2D eigenvalue weighted by molar-refractivity contribution is 0.0589. The molecule has 0 spiro atoms. The largest absolute Gasteiger partial charge is 0.497 e. The summed E-state index contributed by atoms with van der Waals surface area (Å²) in [4.78, 5) is 34.6. The molecule has 0 N–H and O–H groups in total. The minimum absolute atomic E-state index is 0.0869. The molecule has 0 bridgehead atoms. The van der Waals surface area contributed by atoms with E-state index in [1.807, 2.05) is 41.3 Å². The van der Waals surface area contributed by atoms with Crippen LogP contribution in [0.1, 0.15) is 64.1 Å². The summed E-state index contributed by atoms with van der Waals surface area (Å²) in [6.07, 6.45) is 5.78. The van der Waals surface area contributed by atoms with Gasteiger partial charge >= 0.3 is 0 Å². The van der Waals surface area contributed by atoms with Crippen molar-refractivity contribution in [3.05, 3.63) is 89.2 Å². The van der Waals surface area contributed by atoms with Crippen molar-refractivity contribution in [2.75, 3.05) is 33.3 Å². The first-order chi connectivity index (χ1) is 19.5. The number of hydrogen-bond donors (Lipinski definition) is 0. The summed E-state index contributed by atoms with van der Waals surface area (Å²) in [6, 6.07) is 19.7. The maximum Gasteiger partial charge on any atom is 0.272 e. The monoisotopic (exact) mass is 541 g/mol. The number of carbonyl (C=O) groups is 2. The number of aromatic nitrogens is 1. The number of ketones is 1. The standard InChI is InChI=1S/C33H39N3O4/c1-24-6-9-28(10-7-24)40-29-14-18-36(19-15-29)33(38)31-11-8-27(22-34-31)32(37)21-25-12-16-35(17-13-25)23-26-4-3-5-30(20-26)39-2/h3-11,20,22,25,29H,12-19,21,23H2,1-2H3. The van der Waals surface area contributed by atoms with E-state index in [0.29, 0.717) is 36.7 Å². The van der Waals surface area contributed by atoms with E-state index in [1.54, 1.807) is 25.4 Å². The minimum atomic E-state index is -0.0869. The summed E-state index contributed by atoms with van der Waals surface area (Å²) in [6.45, 7) is 6.18. The van der Waals surface area contributed by atoms with Crippen LogP contribution in [0, 0.1) is 12.8 Å². The number of aryl methyl sites for hydroxylation is 1. The van der Waals surface area contributed by atoms with Crippen molar-refractivity contribution in [1.82, 2.24) is 14.8 Å². The van der Waals surface area contributed by atoms with Crippen LogP contribution in [-0.4, -0.2) is 65.9 Å². The lowest BCUT2D eigenvalue weighted by atomic mass is 9.90. The van der Waals surface area contributed by atoms with E-state index in [0.717, 1.165) is 56.8 Å². The number of ether oxygens (including phenoxy) is 2. The fourth-order valence-electron chi connectivity index (χ4n) is 5.59. The average molecular weight is 542 g/mol. The highest BCUT2D eigenvalue weighted by molar-refractivity contribution is 5.97. The number of likely N-dealkylation sites (tertiary alicyclic amines) is 2. The highest BCUT2D eigenvalue weighted by atomic mass is 16.5. The molecule has 1 aromatic heterocycles. The Hall–Kier alpha value is -3.71. The summed E-state index contributed by atoms with van der Waals surface area (Å²) in [5.41, 5.74) is 3.42. The maximum atomic E-state index is 13.0. The minimum Gasteiger partial charge on any atom is -0.497 e. The van der Waals surface area contributed by atoms with Gasteiger partial charge < -0.3 is 14.4 Å². The summed E-state index contributed by atoms with van der Waals surface area (Å²) in [5.74, 6) is 2.14. The molecule has 2 saturated heterocycles. The molecule has 3 aromatic rings. The molecule has 0 unspecified atom stereocenters. The lowest BCUT2D eigenvalue weighted by Gasteiger charge is -2.32. The van der Waals surface area contributed by atoms with Crippen LogP contribution < -0.4 is 9.47 Å². The molecule has 210 valence electrons. The molecule has 3 heterocycles. The van der Waals surface area contributed by atoms with Gasteiger partial charge in [-0.25, -0.2) is 0 Å². The van der Waals surface area contributed by atoms with E-state index in [-0.39, 0.29) is 17.8 Å². The van der Waals surface area contributed by atoms with Crippen molar-refractivity contribution < 1.29 is 19.1 Å². The number of hydrogen-bond acceptors (Lipinski definition) is 6. The van der Waals surface area contributed by atoms with Crippen LogP contribution in [0.4, 0.5) is 0 Å². The zero-order valence-electron chi connectivity index (χ0n) is 23.6. The van der Waals surface area contributed by atoms with Gasteiger partial charge in [0.25, 0.3) is 5.91 Å². The number of pyridine rings is 1. The molecule has 7 heteroatoms. The van der Waals surface area contributed by atoms with Crippen molar-refractivity contribution in [1.29, 1.82) is 0 Å². The molecule has 2 aromatic carbocycles. The lowest BCUT2D eigenvalue weighted by Crippen LogP contribution is -2.42. The molecule has 2 aliphatic heterocycles. The molecule has 0 aliphatic carbocycles. The van der Waals surface area contributed by atoms with E-state index >= 15 is 0 Å². The van der Waals surface area contributed by atoms with Gasteiger partial charge in [0.05, 0.1) is 7.11 Å². The molecule has 2 aliphatic rings. The van der Waals surface area contributed by atoms with Gasteiger partial charge in [-0.1, -0.05) is 29.8 Å². The van der Waals surface area contributed by atoms with Crippen molar-refractivity contribution in [2.24, 2.45) is 5.92 Å². The van der Waals surface area contributed by atoms with Crippen LogP contribution >= 0.6 is 0 Å². The Kier molecular flexibility index (Phi) is 9.12. The van der Waals surface area contributed by atoms with Crippen LogP contribution in [0.3, 0.4) is 0 Å². The Morgan fingerprint density at radius 1 is 0.900 bits per heavy atom. The first-order valence-electron chi connectivity index (χ1n) is 14.3. The van der Waals surface area contributed by atoms with Gasteiger partial charge in [-0.2, -0.15) is 0 Å². The molecular formula is C33H39N3O4. The Morgan fingerprint density at radius 3 is 2.33 bits per heavy atom. The van der Waals surface area contributed by atoms with Crippen molar-refractivity contribution >= 4 is 11.7 Å². The Labute approximate surface area is 237 Å². The molecule has 1 amide bonds. The first-order valence-corrected chi connectivity index (χ1v) is 14.3. The summed E-state index contributed by atoms with van der Waals surface area (Å²) < 4.78 is 11.4. The highest BCUT2D eigenvalue weighted by Crippen LogP contribution is 2.25. The van der Waals surface area contributed by atoms with E-state index in [2.05, 4.69) is 28.9 Å². The predicted octanol–water partition coefficient (Wildman–Crippen LogP) is 5.57. The fourth-order valence-corrected chi connectivity index (χ4v) is 5.59. The first kappa shape index (κ1) is 27.8. The summed E-state index contributed by atoms with van der Waals surface area (Å²) >= 11 is 0. The van der Waals surface area contributed by atoms with E-state index < -0.39 is 0 Å². The van der Waals surface area contributed by atoms with Crippen LogP contribution in [-0.2, 0) is 6.54 Å². The number of nitrogens with zero attached hydrogens (tertiary/aromatic N) is 3. The Bertz CT molecular complexity index is 1280. The Morgan fingerprint density at radius 2 is 1.65 bits per heavy atom. The van der Waals surface area contributed by atoms with Gasteiger partial charge in [0.2, 0.25) is 0 Å². The van der Waals surface area contributed by atoms with Gasteiger partial charge in [0.15, 0.2) is 5.78 Å². The van der Waals surface area contributed by atoms with Gasteiger partial charge in [-0.05, 0) is 80.7 Å². The van der Waals surface area contributed by atoms with Crippen molar-refractivity contribution in [3.8, 4) is 11.5 Å². The van der Waals surface area contributed by atoms with Crippen LogP contribution in [0.5, 0.6) is 11.5 Å². The molecule has 40 heavy (non-hydrogen) atoms. The molecule has 0 radical (unpaired) electrons. The SMILES string of the molecule is COc1cccc(CN2CCC(CC(=O)c3ccc(C(=O)N4CCC(Oc5ccc(C)cc5)CC4)nc3)CC2)c1. The molecule has 0 atom stereocenters. The molecule has 0 saturated carbocycles. The van der Waals surface area contributed by atoms with Gasteiger partial charge in [0, 0.05) is 50.7 Å². The third-order valence-corrected chi connectivity index (χ3v) is 8.08. The number of rotatable bonds is 9. The third kappa shape index (κ3) is 7.27. The smallest absolute Gasteiger partial charge is 0.272 e. The van der Waals surface area contributed by atoms with E-state index in [1.165, 1.54) is 11.1 Å². The molecule has 2 fully saturated rings. The number of Topliss-reactive ketones (excluding diaryl/α,β-unsaturated/α-hetero) is 1. The van der Waals surface area contributed by atoms with E-state index in [4.69, 9.17) is 9.47 Å². The number of piperidine rings is 2. The molecule has 7 nitrogen and oxygen atoms in total. The van der Waals surface area contributed by atoms with Crippen LogP contribution in [0.2, 0.25) is 0 Å². The zero-order chi connectivity index (χ0) is 27.9. The molecular weight excluding hydrogens is 502 g/mol. The number of benzene rings is 2. The number of methoxy groups -OCH3 is 1. The number of amides is 1. The quantitative estimate of drug-likeness (QED) is 0.330. The summed E-state index contributed by atoms with van der Waals surface area (Å²) in [7, 11) is 1.69. The highest BCUT2D eigenvalue weighted by Gasteiger charge is 2.26. The summed E-state index contributed by atoms with van der Waals surface area (Å²) in [5, 5.41) is 0. The zero-order valence-corrected chi connectivity index (χ0v) is 23.6. The second kappa shape index (κ2) is 13.1. The average Bonchev–Trinajstić information content (AvgIpc) is 2.99. The van der Waals surface area contributed by atoms with Gasteiger partial charge in [-0.3, -0.25) is 19.5 Å². The van der Waals surface area contributed by atoms with Gasteiger partial charge in [0.1, 0.15) is 23.3 Å². The van der Waals surface area contributed by atoms with Crippen LogP contribution in [0.25, 0.3) is 0 Å². The second-order valence-corrected chi connectivity index (χ2v) is 11.1. The van der Waals surface area contributed by atoms with Crippen LogP contribution in [0.15, 0.2) is 66.9 Å².